The van der Waals surface area contributed by atoms with E-state index in [1.807, 2.05) is 55.4 Å². The molecule has 124 valence electrons. The van der Waals surface area contributed by atoms with Crippen LogP contribution in [-0.2, 0) is 18.1 Å². The minimum Gasteiger partial charge on any atom is -0.373 e. The molecule has 1 unspecified atom stereocenters. The number of hydrogen-bond donors (Lipinski definition) is 0. The van der Waals surface area contributed by atoms with Gasteiger partial charge in [-0.25, -0.2) is 0 Å². The molecule has 0 aliphatic heterocycles. The standard InChI is InChI=1S/C16H32O4Si/c1-9-18-21(19-10-2,20-11-3)14(5)13(4)12-15(17)16(6,7)8/h12,14H,9-11H2,1-8H3/b13-12+. The second kappa shape index (κ2) is 8.83. The number of carbonyl (C=O) groups excluding carboxylic acids is 1. The third-order valence-corrected chi connectivity index (χ3v) is 6.94. The van der Waals surface area contributed by atoms with Crippen molar-refractivity contribution in [3.8, 4) is 0 Å². The molecule has 0 aliphatic rings. The SMILES string of the molecule is CCO[Si](OCC)(OCC)C(C)/C(C)=C/C(=O)C(C)(C)C. The lowest BCUT2D eigenvalue weighted by Gasteiger charge is -2.34. The molecule has 0 heterocycles. The van der Waals surface area contributed by atoms with Crippen LogP contribution in [0.1, 0.15) is 55.4 Å². The molecule has 0 fully saturated rings. The first kappa shape index (κ1) is 20.5. The average molecular weight is 317 g/mol. The second-order valence-electron chi connectivity index (χ2n) is 6.13. The monoisotopic (exact) mass is 316 g/mol. The quantitative estimate of drug-likeness (QED) is 0.476. The van der Waals surface area contributed by atoms with E-state index in [-0.39, 0.29) is 16.7 Å². The van der Waals surface area contributed by atoms with Crippen LogP contribution < -0.4 is 0 Å². The molecule has 0 spiro atoms. The summed E-state index contributed by atoms with van der Waals surface area (Å²) in [6, 6.07) is 0. The van der Waals surface area contributed by atoms with Crippen molar-refractivity contribution in [3.05, 3.63) is 11.6 Å². The molecule has 0 aliphatic carbocycles. The fourth-order valence-electron chi connectivity index (χ4n) is 1.93. The fourth-order valence-corrected chi connectivity index (χ4v) is 4.78. The number of allylic oxidation sites excluding steroid dienone is 2. The smallest absolute Gasteiger partial charge is 0.373 e. The minimum atomic E-state index is -2.81. The van der Waals surface area contributed by atoms with Crippen LogP contribution in [0.15, 0.2) is 11.6 Å². The topological polar surface area (TPSA) is 44.8 Å². The molecule has 0 aromatic carbocycles. The Labute approximate surface area is 131 Å². The molecular weight excluding hydrogens is 284 g/mol. The van der Waals surface area contributed by atoms with Crippen molar-refractivity contribution in [2.75, 3.05) is 19.8 Å². The lowest BCUT2D eigenvalue weighted by Crippen LogP contribution is -2.50. The van der Waals surface area contributed by atoms with Gasteiger partial charge in [0.15, 0.2) is 5.78 Å². The van der Waals surface area contributed by atoms with Gasteiger partial charge in [-0.05, 0) is 33.8 Å². The number of hydrogen-bond acceptors (Lipinski definition) is 4. The van der Waals surface area contributed by atoms with Crippen molar-refractivity contribution >= 4 is 14.6 Å². The minimum absolute atomic E-state index is 0.0383. The van der Waals surface area contributed by atoms with E-state index in [2.05, 4.69) is 0 Å². The Balaban J connectivity index is 5.39. The number of rotatable bonds is 9. The maximum absolute atomic E-state index is 12.2. The highest BCUT2D eigenvalue weighted by Gasteiger charge is 2.47. The van der Waals surface area contributed by atoms with Crippen LogP contribution in [-0.4, -0.2) is 34.4 Å². The predicted molar refractivity (Wildman–Crippen MR) is 88.3 cm³/mol. The van der Waals surface area contributed by atoms with Crippen molar-refractivity contribution in [2.45, 2.75) is 60.9 Å². The van der Waals surface area contributed by atoms with Crippen molar-refractivity contribution < 1.29 is 18.1 Å². The van der Waals surface area contributed by atoms with Crippen molar-refractivity contribution in [2.24, 2.45) is 5.41 Å². The van der Waals surface area contributed by atoms with E-state index in [9.17, 15) is 4.79 Å². The van der Waals surface area contributed by atoms with Crippen LogP contribution in [0.4, 0.5) is 0 Å². The highest BCUT2D eigenvalue weighted by Crippen LogP contribution is 2.33. The summed E-state index contributed by atoms with van der Waals surface area (Å²) in [4.78, 5) is 12.2. The summed E-state index contributed by atoms with van der Waals surface area (Å²) in [5.74, 6) is 0.110. The summed E-state index contributed by atoms with van der Waals surface area (Å²) in [6.07, 6.45) is 1.71. The molecule has 0 N–H and O–H groups in total. The average Bonchev–Trinajstić information content (AvgIpc) is 2.37. The molecule has 0 rings (SSSR count). The summed E-state index contributed by atoms with van der Waals surface area (Å²) in [5.41, 5.74) is 0.536. The van der Waals surface area contributed by atoms with E-state index in [0.29, 0.717) is 19.8 Å². The molecule has 5 heteroatoms. The van der Waals surface area contributed by atoms with Crippen LogP contribution in [0.25, 0.3) is 0 Å². The summed E-state index contributed by atoms with van der Waals surface area (Å²) in [6.45, 7) is 17.2. The zero-order valence-electron chi connectivity index (χ0n) is 14.9. The predicted octanol–water partition coefficient (Wildman–Crippen LogP) is 3.99. The van der Waals surface area contributed by atoms with Crippen molar-refractivity contribution in [3.63, 3.8) is 0 Å². The van der Waals surface area contributed by atoms with Crippen LogP contribution in [0.5, 0.6) is 0 Å². The van der Waals surface area contributed by atoms with Gasteiger partial charge in [-0.1, -0.05) is 33.3 Å². The molecule has 0 aromatic rings. The largest absolute Gasteiger partial charge is 0.508 e. The van der Waals surface area contributed by atoms with Gasteiger partial charge >= 0.3 is 8.80 Å². The Kier molecular flexibility index (Phi) is 8.62. The zero-order valence-corrected chi connectivity index (χ0v) is 15.9. The van der Waals surface area contributed by atoms with Gasteiger partial charge in [-0.15, -0.1) is 0 Å². The molecular formula is C16H32O4Si. The van der Waals surface area contributed by atoms with Crippen LogP contribution >= 0.6 is 0 Å². The molecule has 0 saturated carbocycles. The lowest BCUT2D eigenvalue weighted by atomic mass is 9.89. The first-order chi connectivity index (χ1) is 9.64. The van der Waals surface area contributed by atoms with E-state index in [4.69, 9.17) is 13.3 Å². The molecule has 4 nitrogen and oxygen atoms in total. The van der Waals surface area contributed by atoms with Gasteiger partial charge in [0.1, 0.15) is 0 Å². The van der Waals surface area contributed by atoms with Gasteiger partial charge in [-0.3, -0.25) is 4.79 Å². The van der Waals surface area contributed by atoms with Gasteiger partial charge in [0, 0.05) is 30.8 Å². The molecule has 21 heavy (non-hydrogen) atoms. The molecule has 0 aromatic heterocycles. The van der Waals surface area contributed by atoms with Crippen LogP contribution in [0.2, 0.25) is 5.54 Å². The van der Waals surface area contributed by atoms with Gasteiger partial charge in [0.05, 0.1) is 0 Å². The van der Waals surface area contributed by atoms with E-state index in [0.717, 1.165) is 5.57 Å². The summed E-state index contributed by atoms with van der Waals surface area (Å²) in [7, 11) is -2.81. The second-order valence-corrected chi connectivity index (χ2v) is 9.07. The summed E-state index contributed by atoms with van der Waals surface area (Å²) < 4.78 is 17.7. The zero-order chi connectivity index (χ0) is 16.7. The first-order valence-electron chi connectivity index (χ1n) is 7.79. The van der Waals surface area contributed by atoms with Gasteiger partial charge in [0.2, 0.25) is 0 Å². The van der Waals surface area contributed by atoms with Crippen LogP contribution in [0, 0.1) is 5.41 Å². The normalized spacial score (nSPS) is 15.1. The third kappa shape index (κ3) is 6.02. The van der Waals surface area contributed by atoms with Gasteiger partial charge in [-0.2, -0.15) is 0 Å². The number of ketones is 1. The fraction of sp³-hybridized carbons (Fsp3) is 0.812. The number of carbonyl (C=O) groups is 1. The lowest BCUT2D eigenvalue weighted by molar-refractivity contribution is -0.121. The first-order valence-corrected chi connectivity index (χ1v) is 9.59. The highest BCUT2D eigenvalue weighted by molar-refractivity contribution is 6.63. The van der Waals surface area contributed by atoms with Crippen molar-refractivity contribution in [1.82, 2.24) is 0 Å². The van der Waals surface area contributed by atoms with Crippen LogP contribution in [0.3, 0.4) is 0 Å². The summed E-state index contributed by atoms with van der Waals surface area (Å²) >= 11 is 0. The highest BCUT2D eigenvalue weighted by atomic mass is 28.4. The van der Waals surface area contributed by atoms with E-state index >= 15 is 0 Å². The Bertz CT molecular complexity index is 341. The van der Waals surface area contributed by atoms with Gasteiger partial charge < -0.3 is 13.3 Å². The third-order valence-electron chi connectivity index (χ3n) is 3.35. The maximum Gasteiger partial charge on any atom is 0.508 e. The maximum atomic E-state index is 12.2. The summed E-state index contributed by atoms with van der Waals surface area (Å²) in [5, 5.41) is 0. The molecule has 0 bridgehead atoms. The molecule has 0 radical (unpaired) electrons. The molecule has 0 saturated heterocycles. The molecule has 0 amide bonds. The van der Waals surface area contributed by atoms with Gasteiger partial charge in [0.25, 0.3) is 0 Å². The van der Waals surface area contributed by atoms with E-state index in [1.165, 1.54) is 0 Å². The Morgan fingerprint density at radius 2 is 1.43 bits per heavy atom. The van der Waals surface area contributed by atoms with E-state index in [1.54, 1.807) is 6.08 Å². The Morgan fingerprint density at radius 3 is 1.71 bits per heavy atom. The van der Waals surface area contributed by atoms with Crippen molar-refractivity contribution in [1.29, 1.82) is 0 Å². The molecule has 1 atom stereocenters. The van der Waals surface area contributed by atoms with E-state index < -0.39 is 8.80 Å². The Hall–Kier alpha value is -0.493. The Morgan fingerprint density at radius 1 is 1.05 bits per heavy atom.